The van der Waals surface area contributed by atoms with Gasteiger partial charge in [-0.3, -0.25) is 9.59 Å². The van der Waals surface area contributed by atoms with Crippen LogP contribution in [0.4, 0.5) is 13.2 Å². The summed E-state index contributed by atoms with van der Waals surface area (Å²) in [4.78, 5) is 22.7. The summed E-state index contributed by atoms with van der Waals surface area (Å²) in [5.41, 5.74) is -1.45. The van der Waals surface area contributed by atoms with Crippen LogP contribution in [0, 0.1) is 17.5 Å². The van der Waals surface area contributed by atoms with Crippen LogP contribution in [0.5, 0.6) is 0 Å². The van der Waals surface area contributed by atoms with Gasteiger partial charge in [0, 0.05) is 5.56 Å². The Hall–Kier alpha value is -2.11. The summed E-state index contributed by atoms with van der Waals surface area (Å²) >= 11 is 0. The number of carbonyl (C=O) groups is 2. The fourth-order valence-corrected chi connectivity index (χ4v) is 1.44. The van der Waals surface area contributed by atoms with E-state index < -0.39 is 46.8 Å². The van der Waals surface area contributed by atoms with Gasteiger partial charge in [-0.1, -0.05) is 12.7 Å². The van der Waals surface area contributed by atoms with Crippen LogP contribution in [0.2, 0.25) is 0 Å². The highest BCUT2D eigenvalue weighted by molar-refractivity contribution is 6.06. The van der Waals surface area contributed by atoms with Crippen molar-refractivity contribution in [3.63, 3.8) is 0 Å². The second kappa shape index (κ2) is 6.17. The third kappa shape index (κ3) is 3.21. The van der Waals surface area contributed by atoms with E-state index >= 15 is 0 Å². The molecule has 0 aliphatic heterocycles. The zero-order chi connectivity index (χ0) is 14.6. The number of ketones is 1. The predicted molar refractivity (Wildman–Crippen MR) is 62.0 cm³/mol. The van der Waals surface area contributed by atoms with Gasteiger partial charge in [0.15, 0.2) is 17.4 Å². The molecule has 0 amide bonds. The van der Waals surface area contributed by atoms with Gasteiger partial charge in [-0.05, 0) is 13.0 Å². The molecule has 1 aromatic rings. The van der Waals surface area contributed by atoms with Gasteiger partial charge < -0.3 is 4.74 Å². The third-order valence-electron chi connectivity index (χ3n) is 2.30. The zero-order valence-corrected chi connectivity index (χ0v) is 10.1. The first-order valence-electron chi connectivity index (χ1n) is 5.41. The number of hydrogen-bond donors (Lipinski definition) is 0. The molecule has 0 bridgehead atoms. The average molecular weight is 272 g/mol. The molecule has 19 heavy (non-hydrogen) atoms. The van der Waals surface area contributed by atoms with E-state index in [0.29, 0.717) is 6.07 Å². The molecule has 0 heterocycles. The molecule has 0 atom stereocenters. The number of hydrogen-bond acceptors (Lipinski definition) is 3. The molecule has 0 unspecified atom stereocenters. The topological polar surface area (TPSA) is 43.4 Å². The van der Waals surface area contributed by atoms with Gasteiger partial charge >= 0.3 is 5.97 Å². The van der Waals surface area contributed by atoms with E-state index in [1.807, 2.05) is 0 Å². The van der Waals surface area contributed by atoms with E-state index in [2.05, 4.69) is 11.3 Å². The number of ether oxygens (including phenoxy) is 1. The molecule has 0 spiro atoms. The van der Waals surface area contributed by atoms with Crippen LogP contribution in [0.15, 0.2) is 12.6 Å². The largest absolute Gasteiger partial charge is 0.466 e. The molecule has 0 fully saturated rings. The molecule has 3 nitrogen and oxygen atoms in total. The molecule has 0 radical (unpaired) electrons. The molecule has 0 N–H and O–H groups in total. The van der Waals surface area contributed by atoms with Crippen LogP contribution >= 0.6 is 0 Å². The van der Waals surface area contributed by atoms with Crippen LogP contribution in [-0.2, 0) is 9.53 Å². The van der Waals surface area contributed by atoms with E-state index in [4.69, 9.17) is 0 Å². The minimum absolute atomic E-state index is 0.0598. The maximum atomic E-state index is 13.7. The Balaban J connectivity index is 3.14. The van der Waals surface area contributed by atoms with Crippen LogP contribution in [0.1, 0.15) is 29.3 Å². The molecular formula is C13H11F3O3. The fourth-order valence-electron chi connectivity index (χ4n) is 1.44. The number of Topliss-reactive ketones (excluding diaryl/α,β-unsaturated/α-hetero) is 1. The van der Waals surface area contributed by atoms with Crippen LogP contribution in [0.3, 0.4) is 0 Å². The summed E-state index contributed by atoms with van der Waals surface area (Å²) in [6, 6.07) is 0.416. The van der Waals surface area contributed by atoms with E-state index in [0.717, 1.165) is 6.08 Å². The van der Waals surface area contributed by atoms with Gasteiger partial charge in [-0.15, -0.1) is 0 Å². The zero-order valence-electron chi connectivity index (χ0n) is 10.1. The highest BCUT2D eigenvalue weighted by Crippen LogP contribution is 2.22. The molecule has 1 rings (SSSR count). The fraction of sp³-hybridized carbons (Fsp3) is 0.231. The molecule has 0 aliphatic rings. The van der Waals surface area contributed by atoms with Crippen molar-refractivity contribution in [3.05, 3.63) is 41.2 Å². The van der Waals surface area contributed by atoms with E-state index in [9.17, 15) is 22.8 Å². The highest BCUT2D eigenvalue weighted by atomic mass is 19.2. The SMILES string of the molecule is C=Cc1c(F)c(F)cc(C(=O)CC(=O)OCC)c1F. The Morgan fingerprint density at radius 2 is 1.95 bits per heavy atom. The van der Waals surface area contributed by atoms with Crippen LogP contribution in [0.25, 0.3) is 6.08 Å². The summed E-state index contributed by atoms with van der Waals surface area (Å²) in [5, 5.41) is 0. The lowest BCUT2D eigenvalue weighted by atomic mass is 10.0. The summed E-state index contributed by atoms with van der Waals surface area (Å²) in [6.07, 6.45) is 0.0152. The third-order valence-corrected chi connectivity index (χ3v) is 2.30. The van der Waals surface area contributed by atoms with Gasteiger partial charge in [-0.2, -0.15) is 0 Å². The second-order valence-electron chi connectivity index (χ2n) is 3.56. The van der Waals surface area contributed by atoms with Gasteiger partial charge in [0.25, 0.3) is 0 Å². The van der Waals surface area contributed by atoms with Crippen LogP contribution in [-0.4, -0.2) is 18.4 Å². The molecule has 0 aromatic heterocycles. The maximum absolute atomic E-state index is 13.7. The molecule has 0 aliphatic carbocycles. The number of benzene rings is 1. The first kappa shape index (κ1) is 14.9. The summed E-state index contributed by atoms with van der Waals surface area (Å²) in [7, 11) is 0. The Bertz CT molecular complexity index is 538. The van der Waals surface area contributed by atoms with Crippen molar-refractivity contribution < 1.29 is 27.5 Å². The minimum Gasteiger partial charge on any atom is -0.466 e. The number of rotatable bonds is 5. The summed E-state index contributed by atoms with van der Waals surface area (Å²) in [6.45, 7) is 4.73. The van der Waals surface area contributed by atoms with Gasteiger partial charge in [0.05, 0.1) is 12.2 Å². The molecule has 6 heteroatoms. The predicted octanol–water partition coefficient (Wildman–Crippen LogP) is 2.88. The van der Waals surface area contributed by atoms with Crippen molar-refractivity contribution in [3.8, 4) is 0 Å². The maximum Gasteiger partial charge on any atom is 0.313 e. The van der Waals surface area contributed by atoms with E-state index in [1.165, 1.54) is 6.92 Å². The standard InChI is InChI=1S/C13H11F3O3/c1-3-7-12(15)8(5-9(14)13(7)16)10(17)6-11(18)19-4-2/h3,5H,1,4,6H2,2H3. The average Bonchev–Trinajstić information content (AvgIpc) is 2.34. The second-order valence-corrected chi connectivity index (χ2v) is 3.56. The van der Waals surface area contributed by atoms with Crippen molar-refractivity contribution in [2.75, 3.05) is 6.61 Å². The first-order valence-corrected chi connectivity index (χ1v) is 5.41. The monoisotopic (exact) mass is 272 g/mol. The quantitative estimate of drug-likeness (QED) is 0.358. The van der Waals surface area contributed by atoms with Crippen LogP contribution < -0.4 is 0 Å². The van der Waals surface area contributed by atoms with Gasteiger partial charge in [-0.25, -0.2) is 13.2 Å². The van der Waals surface area contributed by atoms with Gasteiger partial charge in [0.1, 0.15) is 12.2 Å². The highest BCUT2D eigenvalue weighted by Gasteiger charge is 2.22. The molecule has 0 saturated carbocycles. The molecule has 0 saturated heterocycles. The summed E-state index contributed by atoms with van der Waals surface area (Å²) in [5.74, 6) is -5.92. The lowest BCUT2D eigenvalue weighted by Crippen LogP contribution is -2.14. The summed E-state index contributed by atoms with van der Waals surface area (Å²) < 4.78 is 44.7. The number of carbonyl (C=O) groups excluding carboxylic acids is 2. The van der Waals surface area contributed by atoms with Crippen molar-refractivity contribution in [2.45, 2.75) is 13.3 Å². The Morgan fingerprint density at radius 3 is 2.47 bits per heavy atom. The van der Waals surface area contributed by atoms with Gasteiger partial charge in [0.2, 0.25) is 0 Å². The van der Waals surface area contributed by atoms with Crippen molar-refractivity contribution in [2.24, 2.45) is 0 Å². The van der Waals surface area contributed by atoms with Crippen molar-refractivity contribution in [1.82, 2.24) is 0 Å². The van der Waals surface area contributed by atoms with E-state index in [1.54, 1.807) is 0 Å². The molecule has 1 aromatic carbocycles. The number of esters is 1. The molecule has 102 valence electrons. The molecular weight excluding hydrogens is 261 g/mol. The Morgan fingerprint density at radius 1 is 1.32 bits per heavy atom. The minimum atomic E-state index is -1.43. The first-order chi connectivity index (χ1) is 8.92. The number of halogens is 3. The smallest absolute Gasteiger partial charge is 0.313 e. The lowest BCUT2D eigenvalue weighted by Gasteiger charge is -2.07. The lowest BCUT2D eigenvalue weighted by molar-refractivity contribution is -0.141. The Labute approximate surface area is 107 Å². The van der Waals surface area contributed by atoms with Crippen molar-refractivity contribution in [1.29, 1.82) is 0 Å². The normalized spacial score (nSPS) is 10.1. The van der Waals surface area contributed by atoms with Crippen molar-refractivity contribution >= 4 is 17.8 Å². The Kier molecular flexibility index (Phi) is 4.86. The van der Waals surface area contributed by atoms with E-state index in [-0.39, 0.29) is 6.61 Å².